The van der Waals surface area contributed by atoms with Crippen LogP contribution in [-0.4, -0.2) is 58.2 Å². The second kappa shape index (κ2) is 8.15. The van der Waals surface area contributed by atoms with E-state index in [9.17, 15) is 0 Å². The fourth-order valence-corrected chi connectivity index (χ4v) is 3.21. The van der Waals surface area contributed by atoms with Crippen molar-refractivity contribution in [2.45, 2.75) is 19.5 Å². The molecule has 0 bridgehead atoms. The zero-order chi connectivity index (χ0) is 17.6. The standard InChI is InChI=1S/C19H25N5O/c1-16-14-23(9-10-24(16)15-19-21-7-8-22(19)2)11-12-25-18-6-4-3-5-17(18)13-20/h3-8,16H,9-12,14-15H2,1-2H3/t16-/m1/s1. The van der Waals surface area contributed by atoms with Crippen LogP contribution in [0.2, 0.25) is 0 Å². The Labute approximate surface area is 149 Å². The first kappa shape index (κ1) is 17.5. The second-order valence-corrected chi connectivity index (χ2v) is 6.53. The predicted octanol–water partition coefficient (Wildman–Crippen LogP) is 1.88. The number of para-hydroxylation sites is 1. The van der Waals surface area contributed by atoms with E-state index in [0.717, 1.165) is 38.5 Å². The van der Waals surface area contributed by atoms with Gasteiger partial charge in [0.25, 0.3) is 0 Å². The van der Waals surface area contributed by atoms with Crippen LogP contribution in [0.1, 0.15) is 18.3 Å². The summed E-state index contributed by atoms with van der Waals surface area (Å²) in [7, 11) is 2.04. The first-order valence-electron chi connectivity index (χ1n) is 8.72. The van der Waals surface area contributed by atoms with E-state index >= 15 is 0 Å². The Morgan fingerprint density at radius 2 is 2.16 bits per heavy atom. The number of benzene rings is 1. The molecule has 0 aliphatic carbocycles. The summed E-state index contributed by atoms with van der Waals surface area (Å²) >= 11 is 0. The highest BCUT2D eigenvalue weighted by Gasteiger charge is 2.24. The van der Waals surface area contributed by atoms with Crippen molar-refractivity contribution in [3.63, 3.8) is 0 Å². The lowest BCUT2D eigenvalue weighted by Gasteiger charge is -2.39. The van der Waals surface area contributed by atoms with Crippen LogP contribution in [0.15, 0.2) is 36.7 Å². The highest BCUT2D eigenvalue weighted by Crippen LogP contribution is 2.17. The minimum atomic E-state index is 0.483. The Morgan fingerprint density at radius 3 is 2.88 bits per heavy atom. The quantitative estimate of drug-likeness (QED) is 0.804. The van der Waals surface area contributed by atoms with Crippen molar-refractivity contribution in [3.05, 3.63) is 48.0 Å². The first-order valence-corrected chi connectivity index (χ1v) is 8.72. The van der Waals surface area contributed by atoms with Crippen molar-refractivity contribution < 1.29 is 4.74 Å². The molecule has 6 nitrogen and oxygen atoms in total. The molecule has 0 amide bonds. The van der Waals surface area contributed by atoms with E-state index in [2.05, 4.69) is 32.3 Å². The maximum absolute atomic E-state index is 9.10. The summed E-state index contributed by atoms with van der Waals surface area (Å²) in [5.74, 6) is 1.78. The number of nitrogens with zero attached hydrogens (tertiary/aromatic N) is 5. The topological polar surface area (TPSA) is 57.3 Å². The van der Waals surface area contributed by atoms with Gasteiger partial charge in [-0.2, -0.15) is 5.26 Å². The largest absolute Gasteiger partial charge is 0.491 e. The third-order valence-corrected chi connectivity index (χ3v) is 4.79. The summed E-state index contributed by atoms with van der Waals surface area (Å²) in [5.41, 5.74) is 0.593. The predicted molar refractivity (Wildman–Crippen MR) is 96.2 cm³/mol. The number of ether oxygens (including phenoxy) is 1. The van der Waals surface area contributed by atoms with Crippen LogP contribution in [0.4, 0.5) is 0 Å². The molecule has 1 aromatic carbocycles. The zero-order valence-corrected chi connectivity index (χ0v) is 14.9. The maximum atomic E-state index is 9.10. The summed E-state index contributed by atoms with van der Waals surface area (Å²) < 4.78 is 7.89. The maximum Gasteiger partial charge on any atom is 0.137 e. The summed E-state index contributed by atoms with van der Waals surface area (Å²) in [6.07, 6.45) is 3.85. The monoisotopic (exact) mass is 339 g/mol. The lowest BCUT2D eigenvalue weighted by molar-refractivity contribution is 0.0665. The molecule has 1 atom stereocenters. The second-order valence-electron chi connectivity index (χ2n) is 6.53. The molecule has 0 saturated carbocycles. The van der Waals surface area contributed by atoms with Gasteiger partial charge in [-0.15, -0.1) is 0 Å². The fourth-order valence-electron chi connectivity index (χ4n) is 3.21. The molecule has 0 spiro atoms. The van der Waals surface area contributed by atoms with Crippen LogP contribution in [0.3, 0.4) is 0 Å². The van der Waals surface area contributed by atoms with Crippen LogP contribution in [0, 0.1) is 11.3 Å². The van der Waals surface area contributed by atoms with Gasteiger partial charge in [0.05, 0.1) is 12.1 Å². The molecule has 6 heteroatoms. The van der Waals surface area contributed by atoms with Crippen LogP contribution in [0.5, 0.6) is 5.75 Å². The number of nitriles is 1. The van der Waals surface area contributed by atoms with Crippen molar-refractivity contribution in [2.24, 2.45) is 7.05 Å². The molecular weight excluding hydrogens is 314 g/mol. The van der Waals surface area contributed by atoms with Gasteiger partial charge in [-0.25, -0.2) is 4.98 Å². The molecule has 2 aromatic rings. The van der Waals surface area contributed by atoms with Crippen LogP contribution < -0.4 is 4.74 Å². The van der Waals surface area contributed by atoms with Crippen molar-refractivity contribution in [2.75, 3.05) is 32.8 Å². The summed E-state index contributed by atoms with van der Waals surface area (Å²) in [6.45, 7) is 7.71. The summed E-state index contributed by atoms with van der Waals surface area (Å²) in [6, 6.07) is 10.0. The van der Waals surface area contributed by atoms with Gasteiger partial charge in [-0.05, 0) is 19.1 Å². The van der Waals surface area contributed by atoms with Gasteiger partial charge in [0.1, 0.15) is 24.3 Å². The third kappa shape index (κ3) is 4.38. The van der Waals surface area contributed by atoms with E-state index in [-0.39, 0.29) is 0 Å². The SMILES string of the molecule is C[C@@H]1CN(CCOc2ccccc2C#N)CCN1Cc1nccn1C. The molecule has 1 aliphatic heterocycles. The van der Waals surface area contributed by atoms with Gasteiger partial charge in [-0.3, -0.25) is 9.80 Å². The molecule has 0 unspecified atom stereocenters. The van der Waals surface area contributed by atoms with E-state index in [1.54, 1.807) is 6.07 Å². The average molecular weight is 339 g/mol. The highest BCUT2D eigenvalue weighted by atomic mass is 16.5. The van der Waals surface area contributed by atoms with Gasteiger partial charge >= 0.3 is 0 Å². The van der Waals surface area contributed by atoms with E-state index in [1.165, 1.54) is 0 Å². The number of imidazole rings is 1. The molecule has 1 fully saturated rings. The van der Waals surface area contributed by atoms with Gasteiger partial charge in [0.2, 0.25) is 0 Å². The van der Waals surface area contributed by atoms with Crippen molar-refractivity contribution in [1.29, 1.82) is 5.26 Å². The highest BCUT2D eigenvalue weighted by molar-refractivity contribution is 5.42. The Kier molecular flexibility index (Phi) is 5.69. The lowest BCUT2D eigenvalue weighted by Crippen LogP contribution is -2.52. The van der Waals surface area contributed by atoms with Gasteiger partial charge in [-0.1, -0.05) is 12.1 Å². The number of hydrogen-bond acceptors (Lipinski definition) is 5. The Morgan fingerprint density at radius 1 is 1.32 bits per heavy atom. The molecule has 1 aromatic heterocycles. The third-order valence-electron chi connectivity index (χ3n) is 4.79. The number of aryl methyl sites for hydroxylation is 1. The average Bonchev–Trinajstić information content (AvgIpc) is 3.02. The summed E-state index contributed by atoms with van der Waals surface area (Å²) in [5, 5.41) is 9.10. The Hall–Kier alpha value is -2.36. The van der Waals surface area contributed by atoms with Crippen molar-refractivity contribution in [3.8, 4) is 11.8 Å². The molecule has 0 radical (unpaired) electrons. The van der Waals surface area contributed by atoms with Crippen LogP contribution >= 0.6 is 0 Å². The van der Waals surface area contributed by atoms with E-state index in [1.807, 2.05) is 37.6 Å². The molecule has 1 saturated heterocycles. The first-order chi connectivity index (χ1) is 12.2. The van der Waals surface area contributed by atoms with Crippen molar-refractivity contribution >= 4 is 0 Å². The van der Waals surface area contributed by atoms with Crippen LogP contribution in [-0.2, 0) is 13.6 Å². The molecule has 3 rings (SSSR count). The zero-order valence-electron chi connectivity index (χ0n) is 14.9. The number of piperazine rings is 1. The van der Waals surface area contributed by atoms with Crippen molar-refractivity contribution in [1.82, 2.24) is 19.4 Å². The van der Waals surface area contributed by atoms with Gasteiger partial charge in [0.15, 0.2) is 0 Å². The lowest BCUT2D eigenvalue weighted by atomic mass is 10.2. The van der Waals surface area contributed by atoms with E-state index in [4.69, 9.17) is 10.00 Å². The van der Waals surface area contributed by atoms with Gasteiger partial charge in [0, 0.05) is 51.7 Å². The molecule has 25 heavy (non-hydrogen) atoms. The molecular formula is C19H25N5O. The normalized spacial score (nSPS) is 18.8. The smallest absolute Gasteiger partial charge is 0.137 e. The minimum absolute atomic E-state index is 0.483. The number of rotatable bonds is 6. The minimum Gasteiger partial charge on any atom is -0.491 e. The molecule has 2 heterocycles. The molecule has 1 aliphatic rings. The molecule has 132 valence electrons. The van der Waals surface area contributed by atoms with E-state index in [0.29, 0.717) is 24.0 Å². The van der Waals surface area contributed by atoms with Gasteiger partial charge < -0.3 is 9.30 Å². The summed E-state index contributed by atoms with van der Waals surface area (Å²) in [4.78, 5) is 9.33. The Bertz CT molecular complexity index is 735. The van der Waals surface area contributed by atoms with Crippen LogP contribution in [0.25, 0.3) is 0 Å². The molecule has 0 N–H and O–H groups in total. The fraction of sp³-hybridized carbons (Fsp3) is 0.474. The Balaban J connectivity index is 1.45. The van der Waals surface area contributed by atoms with E-state index < -0.39 is 0 Å². The number of hydrogen-bond donors (Lipinski definition) is 0. The number of aromatic nitrogens is 2.